The molecule has 1 aromatic heterocycles. The van der Waals surface area contributed by atoms with E-state index in [2.05, 4.69) is 32.3 Å². The largest absolute Gasteiger partial charge is 0.339 e. The van der Waals surface area contributed by atoms with Gasteiger partial charge in [0.25, 0.3) is 5.91 Å². The van der Waals surface area contributed by atoms with Crippen LogP contribution in [-0.4, -0.2) is 60.0 Å². The lowest BCUT2D eigenvalue weighted by Gasteiger charge is -2.24. The fourth-order valence-electron chi connectivity index (χ4n) is 3.99. The van der Waals surface area contributed by atoms with Gasteiger partial charge in [0.2, 0.25) is 5.95 Å². The standard InChI is InChI=1S/C21H27N5O/c27-20(18-7-5-17(6-8-18)19-4-1-9-22-16-19)25-12-3-13-26(15-14-25)21-23-10-2-11-24-21/h2,5-8,10-11,19,22H,1,3-4,9,12-16H2/t19-/m0/s1. The molecule has 1 amide bonds. The van der Waals surface area contributed by atoms with Crippen LogP contribution in [0.5, 0.6) is 0 Å². The molecule has 1 aromatic carbocycles. The van der Waals surface area contributed by atoms with E-state index in [-0.39, 0.29) is 5.91 Å². The highest BCUT2D eigenvalue weighted by Crippen LogP contribution is 2.24. The van der Waals surface area contributed by atoms with Crippen molar-refractivity contribution in [2.24, 2.45) is 0 Å². The van der Waals surface area contributed by atoms with Gasteiger partial charge in [-0.1, -0.05) is 12.1 Å². The zero-order valence-electron chi connectivity index (χ0n) is 15.7. The molecule has 4 rings (SSSR count). The number of anilines is 1. The fraction of sp³-hybridized carbons (Fsp3) is 0.476. The maximum Gasteiger partial charge on any atom is 0.253 e. The predicted molar refractivity (Wildman–Crippen MR) is 106 cm³/mol. The maximum absolute atomic E-state index is 12.9. The Morgan fingerprint density at radius 2 is 1.81 bits per heavy atom. The van der Waals surface area contributed by atoms with Gasteiger partial charge in [-0.2, -0.15) is 0 Å². The van der Waals surface area contributed by atoms with Crippen LogP contribution in [0.1, 0.15) is 41.1 Å². The number of amides is 1. The van der Waals surface area contributed by atoms with E-state index in [0.29, 0.717) is 12.5 Å². The normalized spacial score (nSPS) is 21.0. The lowest BCUT2D eigenvalue weighted by molar-refractivity contribution is 0.0767. The minimum absolute atomic E-state index is 0.124. The molecule has 142 valence electrons. The van der Waals surface area contributed by atoms with Crippen molar-refractivity contribution < 1.29 is 4.79 Å². The smallest absolute Gasteiger partial charge is 0.253 e. The van der Waals surface area contributed by atoms with Crippen LogP contribution >= 0.6 is 0 Å². The summed E-state index contributed by atoms with van der Waals surface area (Å²) in [6, 6.07) is 10.1. The molecular formula is C21H27N5O. The quantitative estimate of drug-likeness (QED) is 0.904. The molecule has 1 N–H and O–H groups in total. The Morgan fingerprint density at radius 3 is 2.56 bits per heavy atom. The first-order chi connectivity index (χ1) is 13.3. The molecule has 0 aliphatic carbocycles. The third-order valence-corrected chi connectivity index (χ3v) is 5.54. The molecule has 27 heavy (non-hydrogen) atoms. The lowest BCUT2D eigenvalue weighted by atomic mass is 9.91. The Kier molecular flexibility index (Phi) is 5.63. The highest BCUT2D eigenvalue weighted by molar-refractivity contribution is 5.94. The molecule has 0 radical (unpaired) electrons. The second-order valence-corrected chi connectivity index (χ2v) is 7.35. The Hall–Kier alpha value is -2.47. The molecule has 2 aliphatic heterocycles. The fourth-order valence-corrected chi connectivity index (χ4v) is 3.99. The number of piperidine rings is 1. The summed E-state index contributed by atoms with van der Waals surface area (Å²) < 4.78 is 0. The van der Waals surface area contributed by atoms with Gasteiger partial charge in [0, 0.05) is 50.7 Å². The van der Waals surface area contributed by atoms with E-state index < -0.39 is 0 Å². The van der Waals surface area contributed by atoms with E-state index in [1.807, 2.05) is 23.1 Å². The molecule has 3 heterocycles. The molecular weight excluding hydrogens is 338 g/mol. The summed E-state index contributed by atoms with van der Waals surface area (Å²) in [5.41, 5.74) is 2.12. The highest BCUT2D eigenvalue weighted by atomic mass is 16.2. The maximum atomic E-state index is 12.9. The number of nitrogens with zero attached hydrogens (tertiary/aromatic N) is 4. The third kappa shape index (κ3) is 4.27. The zero-order chi connectivity index (χ0) is 18.5. The zero-order valence-corrected chi connectivity index (χ0v) is 15.7. The summed E-state index contributed by atoms with van der Waals surface area (Å²) in [5, 5.41) is 3.46. The Labute approximate surface area is 160 Å². The van der Waals surface area contributed by atoms with Crippen molar-refractivity contribution in [3.63, 3.8) is 0 Å². The van der Waals surface area contributed by atoms with E-state index in [9.17, 15) is 4.79 Å². The first-order valence-electron chi connectivity index (χ1n) is 9.93. The van der Waals surface area contributed by atoms with Gasteiger partial charge in [0.1, 0.15) is 0 Å². The summed E-state index contributed by atoms with van der Waals surface area (Å²) in [6.07, 6.45) is 6.90. The van der Waals surface area contributed by atoms with Crippen LogP contribution in [0, 0.1) is 0 Å². The van der Waals surface area contributed by atoms with Crippen LogP contribution in [0.2, 0.25) is 0 Å². The van der Waals surface area contributed by atoms with E-state index in [1.165, 1.54) is 18.4 Å². The van der Waals surface area contributed by atoms with Crippen LogP contribution in [0.4, 0.5) is 5.95 Å². The van der Waals surface area contributed by atoms with Gasteiger partial charge in [0.05, 0.1) is 0 Å². The number of nitrogens with one attached hydrogen (secondary N) is 1. The molecule has 2 aromatic rings. The predicted octanol–water partition coefficient (Wildman–Crippen LogP) is 2.30. The highest BCUT2D eigenvalue weighted by Gasteiger charge is 2.22. The van der Waals surface area contributed by atoms with Crippen LogP contribution in [0.15, 0.2) is 42.7 Å². The Morgan fingerprint density at radius 1 is 1.00 bits per heavy atom. The second kappa shape index (κ2) is 8.48. The van der Waals surface area contributed by atoms with Crippen LogP contribution in [0.25, 0.3) is 0 Å². The lowest BCUT2D eigenvalue weighted by Crippen LogP contribution is -2.35. The molecule has 6 heteroatoms. The first-order valence-corrected chi connectivity index (χ1v) is 9.93. The summed E-state index contributed by atoms with van der Waals surface area (Å²) >= 11 is 0. The van der Waals surface area contributed by atoms with Gasteiger partial charge in [-0.3, -0.25) is 4.79 Å². The third-order valence-electron chi connectivity index (χ3n) is 5.54. The van der Waals surface area contributed by atoms with E-state index >= 15 is 0 Å². The van der Waals surface area contributed by atoms with Crippen molar-refractivity contribution >= 4 is 11.9 Å². The molecule has 0 saturated carbocycles. The van der Waals surface area contributed by atoms with Crippen LogP contribution in [0.3, 0.4) is 0 Å². The van der Waals surface area contributed by atoms with Crippen molar-refractivity contribution in [2.75, 3.05) is 44.2 Å². The molecule has 6 nitrogen and oxygen atoms in total. The second-order valence-electron chi connectivity index (χ2n) is 7.35. The summed E-state index contributed by atoms with van der Waals surface area (Å²) in [7, 11) is 0. The number of hydrogen-bond donors (Lipinski definition) is 1. The molecule has 2 saturated heterocycles. The molecule has 1 atom stereocenters. The van der Waals surface area contributed by atoms with Crippen molar-refractivity contribution in [3.05, 3.63) is 53.9 Å². The number of rotatable bonds is 3. The number of benzene rings is 1. The van der Waals surface area contributed by atoms with Gasteiger partial charge in [-0.15, -0.1) is 0 Å². The summed E-state index contributed by atoms with van der Waals surface area (Å²) in [4.78, 5) is 25.7. The molecule has 0 spiro atoms. The monoisotopic (exact) mass is 365 g/mol. The summed E-state index contributed by atoms with van der Waals surface area (Å²) in [6.45, 7) is 5.27. The van der Waals surface area contributed by atoms with Crippen molar-refractivity contribution in [1.82, 2.24) is 20.2 Å². The number of hydrogen-bond acceptors (Lipinski definition) is 5. The first kappa shape index (κ1) is 17.9. The van der Waals surface area contributed by atoms with Gasteiger partial charge in [-0.25, -0.2) is 9.97 Å². The molecule has 0 unspecified atom stereocenters. The molecule has 2 fully saturated rings. The number of carbonyl (C=O) groups is 1. The Balaban J connectivity index is 1.39. The van der Waals surface area contributed by atoms with Crippen LogP contribution < -0.4 is 10.2 Å². The van der Waals surface area contributed by atoms with Crippen molar-refractivity contribution in [3.8, 4) is 0 Å². The number of carbonyl (C=O) groups excluding carboxylic acids is 1. The molecule has 0 bridgehead atoms. The average molecular weight is 365 g/mol. The van der Waals surface area contributed by atoms with E-state index in [1.54, 1.807) is 12.4 Å². The van der Waals surface area contributed by atoms with Gasteiger partial charge in [-0.05, 0) is 55.5 Å². The van der Waals surface area contributed by atoms with Gasteiger partial charge < -0.3 is 15.1 Å². The van der Waals surface area contributed by atoms with Crippen molar-refractivity contribution in [2.45, 2.75) is 25.2 Å². The van der Waals surface area contributed by atoms with Gasteiger partial charge >= 0.3 is 0 Å². The average Bonchev–Trinajstić information content (AvgIpc) is 3.01. The number of aromatic nitrogens is 2. The van der Waals surface area contributed by atoms with E-state index in [0.717, 1.165) is 50.7 Å². The minimum Gasteiger partial charge on any atom is -0.339 e. The van der Waals surface area contributed by atoms with Crippen molar-refractivity contribution in [1.29, 1.82) is 0 Å². The van der Waals surface area contributed by atoms with Crippen LogP contribution in [-0.2, 0) is 0 Å². The SMILES string of the molecule is O=C(c1ccc([C@H]2CCCNC2)cc1)N1CCCN(c2ncccn2)CC1. The molecule has 2 aliphatic rings. The summed E-state index contributed by atoms with van der Waals surface area (Å²) in [5.74, 6) is 1.44. The van der Waals surface area contributed by atoms with E-state index in [4.69, 9.17) is 0 Å². The minimum atomic E-state index is 0.124. The Bertz CT molecular complexity index is 743. The van der Waals surface area contributed by atoms with Gasteiger partial charge in [0.15, 0.2) is 0 Å². The topological polar surface area (TPSA) is 61.4 Å².